The van der Waals surface area contributed by atoms with E-state index in [1.165, 1.54) is 44.7 Å². The lowest BCUT2D eigenvalue weighted by Gasteiger charge is -2.09. The van der Waals surface area contributed by atoms with Crippen LogP contribution in [0.3, 0.4) is 0 Å². The van der Waals surface area contributed by atoms with Gasteiger partial charge in [-0.05, 0) is 38.5 Å². The van der Waals surface area contributed by atoms with Gasteiger partial charge in [-0.3, -0.25) is 4.79 Å². The lowest BCUT2D eigenvalue weighted by atomic mass is 10.0. The van der Waals surface area contributed by atoms with E-state index < -0.39 is 0 Å². The van der Waals surface area contributed by atoms with Crippen LogP contribution in [-0.2, 0) is 11.3 Å². The highest BCUT2D eigenvalue weighted by atomic mass is 79.9. The van der Waals surface area contributed by atoms with Crippen LogP contribution in [0.5, 0.6) is 0 Å². The second kappa shape index (κ2) is 11.3. The summed E-state index contributed by atoms with van der Waals surface area (Å²) in [6, 6.07) is 16.5. The van der Waals surface area contributed by atoms with Gasteiger partial charge in [0.1, 0.15) is 0 Å². The van der Waals surface area contributed by atoms with Crippen molar-refractivity contribution in [1.29, 1.82) is 0 Å². The molecule has 2 aromatic carbocycles. The average Bonchev–Trinajstić information content (AvgIpc) is 3.62. The molecule has 5 aromatic rings. The normalized spacial score (nSPS) is 11.1. The molecule has 1 amide bonds. The maximum absolute atomic E-state index is 12.7. The van der Waals surface area contributed by atoms with Crippen molar-refractivity contribution in [1.82, 2.24) is 19.7 Å². The number of thioether (sulfide) groups is 1. The predicted octanol–water partition coefficient (Wildman–Crippen LogP) is 7.93. The van der Waals surface area contributed by atoms with Gasteiger partial charge in [-0.2, -0.15) is 0 Å². The van der Waals surface area contributed by atoms with Crippen molar-refractivity contribution in [2.45, 2.75) is 32.5 Å². The third-order valence-electron chi connectivity index (χ3n) is 5.81. The first kappa shape index (κ1) is 25.8. The summed E-state index contributed by atoms with van der Waals surface area (Å²) in [7, 11) is 0. The molecule has 5 rings (SSSR count). The van der Waals surface area contributed by atoms with Crippen LogP contribution in [-0.4, -0.2) is 31.4 Å². The molecular formula is C27H24BrN5OS3. The quantitative estimate of drug-likeness (QED) is 0.181. The van der Waals surface area contributed by atoms with E-state index >= 15 is 0 Å². The van der Waals surface area contributed by atoms with E-state index in [1.807, 2.05) is 29.6 Å². The highest BCUT2D eigenvalue weighted by Crippen LogP contribution is 2.39. The number of hydrogen-bond donors (Lipinski definition) is 1. The Morgan fingerprint density at radius 1 is 1.00 bits per heavy atom. The zero-order valence-electron chi connectivity index (χ0n) is 20.5. The number of thiophene rings is 1. The molecular weight excluding hydrogens is 586 g/mol. The van der Waals surface area contributed by atoms with Crippen LogP contribution in [0.25, 0.3) is 33.8 Å². The number of rotatable bonds is 8. The van der Waals surface area contributed by atoms with Gasteiger partial charge in [-0.1, -0.05) is 69.7 Å². The smallest absolute Gasteiger partial charge is 0.236 e. The summed E-state index contributed by atoms with van der Waals surface area (Å²) in [4.78, 5) is 18.5. The lowest BCUT2D eigenvalue weighted by molar-refractivity contribution is -0.113. The molecule has 0 radical (unpaired) electrons. The highest BCUT2D eigenvalue weighted by Gasteiger charge is 2.20. The summed E-state index contributed by atoms with van der Waals surface area (Å²) >= 11 is 7.96. The molecule has 0 bridgehead atoms. The molecule has 0 unspecified atom stereocenters. The zero-order chi connectivity index (χ0) is 25.9. The Hall–Kier alpha value is -2.79. The van der Waals surface area contributed by atoms with E-state index in [1.54, 1.807) is 11.3 Å². The Balaban J connectivity index is 1.29. The Morgan fingerprint density at radius 3 is 2.46 bits per heavy atom. The number of anilines is 1. The van der Waals surface area contributed by atoms with E-state index in [0.29, 0.717) is 11.7 Å². The molecule has 0 aliphatic carbocycles. The lowest BCUT2D eigenvalue weighted by Crippen LogP contribution is -2.14. The molecule has 0 aliphatic heterocycles. The van der Waals surface area contributed by atoms with Gasteiger partial charge in [0.25, 0.3) is 0 Å². The summed E-state index contributed by atoms with van der Waals surface area (Å²) < 4.78 is 3.09. The van der Waals surface area contributed by atoms with Crippen molar-refractivity contribution < 1.29 is 4.79 Å². The summed E-state index contributed by atoms with van der Waals surface area (Å²) in [5, 5.41) is 17.3. The maximum Gasteiger partial charge on any atom is 0.236 e. The molecule has 1 N–H and O–H groups in total. The van der Waals surface area contributed by atoms with Gasteiger partial charge < -0.3 is 9.88 Å². The van der Waals surface area contributed by atoms with Crippen molar-refractivity contribution in [3.05, 3.63) is 74.2 Å². The molecule has 0 saturated carbocycles. The SMILES string of the molecule is CCn1c(SCC(=O)Nc2nc(-c3ccc(Br)cc3)cs2)nnc1-c1csc(C)c1-c1ccc(C)cc1. The number of halogens is 1. The van der Waals surface area contributed by atoms with E-state index in [4.69, 9.17) is 0 Å². The van der Waals surface area contributed by atoms with Crippen molar-refractivity contribution in [3.8, 4) is 33.8 Å². The van der Waals surface area contributed by atoms with Crippen LogP contribution in [0.2, 0.25) is 0 Å². The molecule has 3 heterocycles. The first-order chi connectivity index (χ1) is 17.9. The molecule has 10 heteroatoms. The summed E-state index contributed by atoms with van der Waals surface area (Å²) in [6.45, 7) is 7.00. The van der Waals surface area contributed by atoms with Gasteiger partial charge >= 0.3 is 0 Å². The number of aryl methyl sites for hydroxylation is 2. The molecule has 0 spiro atoms. The number of nitrogens with zero attached hydrogens (tertiary/aromatic N) is 4. The maximum atomic E-state index is 12.7. The third kappa shape index (κ3) is 5.72. The number of benzene rings is 2. The second-order valence-corrected chi connectivity index (χ2v) is 12.2. The number of carbonyl (C=O) groups is 1. The Kier molecular flexibility index (Phi) is 7.89. The fourth-order valence-electron chi connectivity index (χ4n) is 3.95. The first-order valence-electron chi connectivity index (χ1n) is 11.7. The minimum atomic E-state index is -0.124. The van der Waals surface area contributed by atoms with Crippen LogP contribution in [0.15, 0.2) is 68.9 Å². The van der Waals surface area contributed by atoms with Crippen LogP contribution < -0.4 is 5.32 Å². The molecule has 6 nitrogen and oxygen atoms in total. The van der Waals surface area contributed by atoms with E-state index in [2.05, 4.69) is 91.4 Å². The fraction of sp³-hybridized carbons (Fsp3) is 0.185. The Labute approximate surface area is 236 Å². The summed E-state index contributed by atoms with van der Waals surface area (Å²) in [5.41, 5.74) is 6.50. The van der Waals surface area contributed by atoms with Gasteiger partial charge in [0.15, 0.2) is 16.1 Å². The molecule has 0 saturated heterocycles. The topological polar surface area (TPSA) is 72.7 Å². The monoisotopic (exact) mass is 609 g/mol. The van der Waals surface area contributed by atoms with E-state index in [0.717, 1.165) is 32.3 Å². The van der Waals surface area contributed by atoms with Gasteiger partial charge in [0.2, 0.25) is 5.91 Å². The van der Waals surface area contributed by atoms with Gasteiger partial charge in [0, 0.05) is 43.3 Å². The Bertz CT molecular complexity index is 1540. The molecule has 3 aromatic heterocycles. The average molecular weight is 611 g/mol. The highest BCUT2D eigenvalue weighted by molar-refractivity contribution is 9.10. The molecule has 0 atom stereocenters. The number of nitrogens with one attached hydrogen (secondary N) is 1. The summed E-state index contributed by atoms with van der Waals surface area (Å²) in [5.74, 6) is 0.920. The van der Waals surface area contributed by atoms with Gasteiger partial charge in [-0.25, -0.2) is 4.98 Å². The van der Waals surface area contributed by atoms with Crippen LogP contribution in [0.1, 0.15) is 17.4 Å². The number of hydrogen-bond acceptors (Lipinski definition) is 7. The predicted molar refractivity (Wildman–Crippen MR) is 159 cm³/mol. The standard InChI is InChI=1S/C27H24BrN5OS3/c1-4-33-25(21-13-35-17(3)24(21)19-7-5-16(2)6-8-19)31-32-27(33)37-15-23(34)30-26-29-22(14-36-26)18-9-11-20(28)12-10-18/h5-14H,4,15H2,1-3H3,(H,29,30,34). The molecule has 188 valence electrons. The minimum Gasteiger partial charge on any atom is -0.302 e. The van der Waals surface area contributed by atoms with Crippen molar-refractivity contribution in [2.24, 2.45) is 0 Å². The van der Waals surface area contributed by atoms with Crippen molar-refractivity contribution >= 4 is 61.4 Å². The van der Waals surface area contributed by atoms with Crippen molar-refractivity contribution in [3.63, 3.8) is 0 Å². The van der Waals surface area contributed by atoms with Crippen LogP contribution >= 0.6 is 50.4 Å². The molecule has 0 fully saturated rings. The van der Waals surface area contributed by atoms with Crippen LogP contribution in [0.4, 0.5) is 5.13 Å². The largest absolute Gasteiger partial charge is 0.302 e. The second-order valence-electron chi connectivity index (χ2n) is 8.38. The third-order valence-corrected chi connectivity index (χ3v) is 8.98. The Morgan fingerprint density at radius 2 is 1.73 bits per heavy atom. The van der Waals surface area contributed by atoms with Gasteiger partial charge in [0.05, 0.1) is 11.4 Å². The van der Waals surface area contributed by atoms with Crippen molar-refractivity contribution in [2.75, 3.05) is 11.1 Å². The van der Waals surface area contributed by atoms with Crippen LogP contribution in [0, 0.1) is 13.8 Å². The first-order valence-corrected chi connectivity index (χ1v) is 15.2. The van der Waals surface area contributed by atoms with E-state index in [9.17, 15) is 4.79 Å². The molecule has 37 heavy (non-hydrogen) atoms. The number of carbonyl (C=O) groups excluding carboxylic acids is 1. The summed E-state index contributed by atoms with van der Waals surface area (Å²) in [6.07, 6.45) is 0. The molecule has 0 aliphatic rings. The van der Waals surface area contributed by atoms with E-state index in [-0.39, 0.29) is 11.7 Å². The van der Waals surface area contributed by atoms with Gasteiger partial charge in [-0.15, -0.1) is 32.9 Å². The zero-order valence-corrected chi connectivity index (χ0v) is 24.5. The number of thiazole rings is 1. The number of amides is 1. The number of aromatic nitrogens is 4. The minimum absolute atomic E-state index is 0.124. The fourth-order valence-corrected chi connectivity index (χ4v) is 6.61.